The lowest BCUT2D eigenvalue weighted by Gasteiger charge is -2.06. The van der Waals surface area contributed by atoms with Gasteiger partial charge in [0.1, 0.15) is 0 Å². The molecule has 24 heavy (non-hydrogen) atoms. The normalized spacial score (nSPS) is 10.9. The van der Waals surface area contributed by atoms with E-state index < -0.39 is 0 Å². The van der Waals surface area contributed by atoms with Gasteiger partial charge in [-0.15, -0.1) is 11.3 Å². The van der Waals surface area contributed by atoms with E-state index in [-0.39, 0.29) is 11.5 Å². The number of amides is 1. The van der Waals surface area contributed by atoms with Crippen molar-refractivity contribution < 1.29 is 4.79 Å². The van der Waals surface area contributed by atoms with Crippen LogP contribution in [0.4, 0.5) is 0 Å². The Morgan fingerprint density at radius 3 is 2.83 bits per heavy atom. The summed E-state index contributed by atoms with van der Waals surface area (Å²) >= 11 is 7.26. The summed E-state index contributed by atoms with van der Waals surface area (Å²) in [6, 6.07) is 8.72. The van der Waals surface area contributed by atoms with Gasteiger partial charge in [0, 0.05) is 40.8 Å². The number of hydrogen-bond acceptors (Lipinski definition) is 4. The molecule has 1 aromatic carbocycles. The first-order chi connectivity index (χ1) is 11.5. The average molecular weight is 362 g/mol. The van der Waals surface area contributed by atoms with Gasteiger partial charge in [-0.1, -0.05) is 23.7 Å². The van der Waals surface area contributed by atoms with E-state index in [1.54, 1.807) is 23.5 Å². The number of carbonyl (C=O) groups excluding carboxylic acids is 1. The van der Waals surface area contributed by atoms with E-state index in [0.717, 1.165) is 11.3 Å². The quantitative estimate of drug-likeness (QED) is 0.759. The SMILES string of the molecule is Cc1cc(=O)n2c(CCNC(=O)Cc3ccc(Cl)cc3)csc2n1. The lowest BCUT2D eigenvalue weighted by atomic mass is 10.1. The lowest BCUT2D eigenvalue weighted by molar-refractivity contribution is -0.120. The third kappa shape index (κ3) is 3.83. The molecule has 0 saturated carbocycles. The molecule has 3 rings (SSSR count). The third-order valence-corrected chi connectivity index (χ3v) is 4.71. The van der Waals surface area contributed by atoms with Crippen LogP contribution >= 0.6 is 22.9 Å². The Balaban J connectivity index is 1.59. The number of benzene rings is 1. The summed E-state index contributed by atoms with van der Waals surface area (Å²) in [5, 5.41) is 5.44. The summed E-state index contributed by atoms with van der Waals surface area (Å²) in [4.78, 5) is 29.1. The molecule has 0 spiro atoms. The van der Waals surface area contributed by atoms with Crippen LogP contribution < -0.4 is 10.9 Å². The highest BCUT2D eigenvalue weighted by Crippen LogP contribution is 2.13. The van der Waals surface area contributed by atoms with Gasteiger partial charge in [0.15, 0.2) is 4.96 Å². The molecule has 124 valence electrons. The maximum absolute atomic E-state index is 12.1. The topological polar surface area (TPSA) is 63.5 Å². The van der Waals surface area contributed by atoms with Crippen LogP contribution in [0.25, 0.3) is 4.96 Å². The fourth-order valence-corrected chi connectivity index (χ4v) is 3.54. The number of nitrogens with zero attached hydrogens (tertiary/aromatic N) is 2. The van der Waals surface area contributed by atoms with Gasteiger partial charge in [0.05, 0.1) is 6.42 Å². The summed E-state index contributed by atoms with van der Waals surface area (Å²) in [7, 11) is 0. The molecule has 5 nitrogen and oxygen atoms in total. The molecule has 0 unspecified atom stereocenters. The number of hydrogen-bond donors (Lipinski definition) is 1. The zero-order chi connectivity index (χ0) is 17.1. The van der Waals surface area contributed by atoms with Crippen molar-refractivity contribution >= 4 is 33.8 Å². The second kappa shape index (κ2) is 7.15. The zero-order valence-corrected chi connectivity index (χ0v) is 14.7. The van der Waals surface area contributed by atoms with Gasteiger partial charge >= 0.3 is 0 Å². The molecule has 0 fully saturated rings. The second-order valence-electron chi connectivity index (χ2n) is 5.48. The zero-order valence-electron chi connectivity index (χ0n) is 13.1. The van der Waals surface area contributed by atoms with Crippen molar-refractivity contribution in [2.45, 2.75) is 19.8 Å². The summed E-state index contributed by atoms with van der Waals surface area (Å²) in [5.74, 6) is -0.0572. The minimum absolute atomic E-state index is 0.0572. The standard InChI is InChI=1S/C17H16ClN3O2S/c1-11-8-16(23)21-14(10-24-17(21)20-11)6-7-19-15(22)9-12-2-4-13(18)5-3-12/h2-5,8,10H,6-7,9H2,1H3,(H,19,22). The molecule has 2 heterocycles. The van der Waals surface area contributed by atoms with Crippen molar-refractivity contribution in [1.29, 1.82) is 0 Å². The molecule has 7 heteroatoms. The Kier molecular flexibility index (Phi) is 4.97. The van der Waals surface area contributed by atoms with Crippen LogP contribution in [0.3, 0.4) is 0 Å². The first-order valence-corrected chi connectivity index (χ1v) is 8.76. The number of fused-ring (bicyclic) bond motifs is 1. The van der Waals surface area contributed by atoms with Gasteiger partial charge in [-0.3, -0.25) is 14.0 Å². The molecule has 0 aliphatic rings. The molecule has 0 saturated heterocycles. The Hall–Kier alpha value is -2.18. The van der Waals surface area contributed by atoms with Crippen molar-refractivity contribution in [3.05, 3.63) is 68.0 Å². The summed E-state index contributed by atoms with van der Waals surface area (Å²) in [5.41, 5.74) is 2.40. The van der Waals surface area contributed by atoms with Gasteiger partial charge in [-0.25, -0.2) is 4.98 Å². The van der Waals surface area contributed by atoms with Gasteiger partial charge in [-0.05, 0) is 24.6 Å². The second-order valence-corrected chi connectivity index (χ2v) is 6.76. The molecule has 0 atom stereocenters. The molecule has 3 aromatic rings. The summed E-state index contributed by atoms with van der Waals surface area (Å²) in [6.45, 7) is 2.27. The largest absolute Gasteiger partial charge is 0.355 e. The number of halogens is 1. The molecule has 2 aromatic heterocycles. The van der Waals surface area contributed by atoms with E-state index in [9.17, 15) is 9.59 Å². The number of rotatable bonds is 5. The summed E-state index contributed by atoms with van der Waals surface area (Å²) < 4.78 is 1.60. The number of carbonyl (C=O) groups is 1. The molecular weight excluding hydrogens is 346 g/mol. The van der Waals surface area contributed by atoms with Gasteiger partial charge in [0.25, 0.3) is 5.56 Å². The Morgan fingerprint density at radius 2 is 2.08 bits per heavy atom. The van der Waals surface area contributed by atoms with E-state index in [1.807, 2.05) is 17.5 Å². The Morgan fingerprint density at radius 1 is 1.33 bits per heavy atom. The molecule has 1 amide bonds. The van der Waals surface area contributed by atoms with Crippen LogP contribution in [-0.2, 0) is 17.6 Å². The van der Waals surface area contributed by atoms with Crippen LogP contribution in [-0.4, -0.2) is 21.8 Å². The monoisotopic (exact) mass is 361 g/mol. The summed E-state index contributed by atoms with van der Waals surface area (Å²) in [6.07, 6.45) is 0.888. The number of thiazole rings is 1. The number of aromatic nitrogens is 2. The van der Waals surface area contributed by atoms with Gasteiger partial charge in [-0.2, -0.15) is 0 Å². The number of nitrogens with one attached hydrogen (secondary N) is 1. The molecule has 0 aliphatic heterocycles. The highest BCUT2D eigenvalue weighted by molar-refractivity contribution is 7.15. The first kappa shape index (κ1) is 16.7. The van der Waals surface area contributed by atoms with Crippen LogP contribution in [0.2, 0.25) is 5.02 Å². The minimum Gasteiger partial charge on any atom is -0.355 e. The average Bonchev–Trinajstić information content (AvgIpc) is 2.93. The van der Waals surface area contributed by atoms with E-state index in [0.29, 0.717) is 35.1 Å². The fraction of sp³-hybridized carbons (Fsp3) is 0.235. The molecule has 0 bridgehead atoms. The van der Waals surface area contributed by atoms with Crippen molar-refractivity contribution in [1.82, 2.24) is 14.7 Å². The first-order valence-electron chi connectivity index (χ1n) is 7.51. The minimum atomic E-state index is -0.0822. The van der Waals surface area contributed by atoms with Gasteiger partial charge < -0.3 is 5.32 Å². The van der Waals surface area contributed by atoms with E-state index >= 15 is 0 Å². The van der Waals surface area contributed by atoms with E-state index in [4.69, 9.17) is 11.6 Å². The van der Waals surface area contributed by atoms with Gasteiger partial charge in [0.2, 0.25) is 5.91 Å². The fourth-order valence-electron chi connectivity index (χ4n) is 2.44. The molecule has 0 aliphatic carbocycles. The van der Waals surface area contributed by atoms with Crippen molar-refractivity contribution in [3.8, 4) is 0 Å². The Labute approximate surface area is 147 Å². The van der Waals surface area contributed by atoms with Crippen LogP contribution in [0.15, 0.2) is 40.5 Å². The van der Waals surface area contributed by atoms with Crippen LogP contribution in [0.5, 0.6) is 0 Å². The molecular formula is C17H16ClN3O2S. The van der Waals surface area contributed by atoms with Crippen molar-refractivity contribution in [2.24, 2.45) is 0 Å². The molecule has 1 N–H and O–H groups in total. The predicted octanol–water partition coefficient (Wildman–Crippen LogP) is 2.62. The molecule has 0 radical (unpaired) electrons. The maximum atomic E-state index is 12.1. The number of aryl methyl sites for hydroxylation is 1. The van der Waals surface area contributed by atoms with Crippen molar-refractivity contribution in [3.63, 3.8) is 0 Å². The van der Waals surface area contributed by atoms with E-state index in [2.05, 4.69) is 10.3 Å². The maximum Gasteiger partial charge on any atom is 0.258 e. The van der Waals surface area contributed by atoms with Crippen LogP contribution in [0.1, 0.15) is 17.0 Å². The third-order valence-electron chi connectivity index (χ3n) is 3.58. The van der Waals surface area contributed by atoms with E-state index in [1.165, 1.54) is 17.4 Å². The predicted molar refractivity (Wildman–Crippen MR) is 95.9 cm³/mol. The smallest absolute Gasteiger partial charge is 0.258 e. The highest BCUT2D eigenvalue weighted by Gasteiger charge is 2.09. The van der Waals surface area contributed by atoms with Crippen molar-refractivity contribution in [2.75, 3.05) is 6.54 Å². The Bertz CT molecular complexity index is 931. The lowest BCUT2D eigenvalue weighted by Crippen LogP contribution is -2.28. The van der Waals surface area contributed by atoms with Crippen LogP contribution in [0, 0.1) is 6.92 Å². The highest BCUT2D eigenvalue weighted by atomic mass is 35.5.